The molecule has 0 fully saturated rings. The van der Waals surface area contributed by atoms with Gasteiger partial charge in [-0.25, -0.2) is 0 Å². The van der Waals surface area contributed by atoms with Crippen LogP contribution in [0.2, 0.25) is 5.02 Å². The fourth-order valence-electron chi connectivity index (χ4n) is 3.22. The molecule has 1 aromatic heterocycles. The van der Waals surface area contributed by atoms with Crippen LogP contribution in [0.4, 0.5) is 5.82 Å². The Kier molecular flexibility index (Phi) is 3.84. The molecular weight excluding hydrogens is 330 g/mol. The molecule has 2 heterocycles. The van der Waals surface area contributed by atoms with Gasteiger partial charge in [0.1, 0.15) is 5.82 Å². The van der Waals surface area contributed by atoms with Crippen LogP contribution in [-0.2, 0) is 19.9 Å². The molecule has 24 heavy (non-hydrogen) atoms. The smallest absolute Gasteiger partial charge is 0.257 e. The highest BCUT2D eigenvalue weighted by Crippen LogP contribution is 2.38. The lowest BCUT2D eigenvalue weighted by molar-refractivity contribution is 0.102. The molecule has 1 aliphatic heterocycles. The summed E-state index contributed by atoms with van der Waals surface area (Å²) in [6.07, 6.45) is 3.78. The van der Waals surface area contributed by atoms with Crippen LogP contribution in [0.1, 0.15) is 34.5 Å². The minimum absolute atomic E-state index is 0.231. The van der Waals surface area contributed by atoms with Crippen molar-refractivity contribution in [3.05, 3.63) is 34.0 Å². The minimum atomic E-state index is -0.231. The van der Waals surface area contributed by atoms with Gasteiger partial charge in [0.15, 0.2) is 11.5 Å². The number of benzene rings is 1. The third-order valence-corrected chi connectivity index (χ3v) is 4.65. The number of anilines is 1. The van der Waals surface area contributed by atoms with E-state index in [0.717, 1.165) is 42.8 Å². The number of nitrogens with zero attached hydrogens (tertiary/aromatic N) is 2. The molecule has 0 saturated carbocycles. The van der Waals surface area contributed by atoms with E-state index in [1.165, 1.54) is 0 Å². The fourth-order valence-corrected chi connectivity index (χ4v) is 3.48. The van der Waals surface area contributed by atoms with E-state index in [4.69, 9.17) is 21.1 Å². The second kappa shape index (κ2) is 6.02. The number of hydrogen-bond donors (Lipinski definition) is 1. The van der Waals surface area contributed by atoms with E-state index in [1.54, 1.807) is 16.8 Å². The summed E-state index contributed by atoms with van der Waals surface area (Å²) in [7, 11) is 1.84. The Labute approximate surface area is 144 Å². The summed E-state index contributed by atoms with van der Waals surface area (Å²) in [5.74, 6) is 1.55. The van der Waals surface area contributed by atoms with Crippen LogP contribution in [0, 0.1) is 0 Å². The van der Waals surface area contributed by atoms with E-state index >= 15 is 0 Å². The molecule has 7 heteroatoms. The Morgan fingerprint density at radius 2 is 2.08 bits per heavy atom. The van der Waals surface area contributed by atoms with Crippen LogP contribution in [0.25, 0.3) is 0 Å². The summed E-state index contributed by atoms with van der Waals surface area (Å²) in [5.41, 5.74) is 2.65. The average molecular weight is 348 g/mol. The van der Waals surface area contributed by atoms with Crippen LogP contribution < -0.4 is 14.8 Å². The van der Waals surface area contributed by atoms with Gasteiger partial charge in [0, 0.05) is 24.6 Å². The van der Waals surface area contributed by atoms with Crippen LogP contribution in [0.5, 0.6) is 11.5 Å². The quantitative estimate of drug-likeness (QED) is 0.907. The van der Waals surface area contributed by atoms with Crippen molar-refractivity contribution in [2.75, 3.05) is 18.5 Å². The lowest BCUT2D eigenvalue weighted by atomic mass is 10.1. The van der Waals surface area contributed by atoms with Crippen molar-refractivity contribution in [2.45, 2.75) is 25.7 Å². The summed E-state index contributed by atoms with van der Waals surface area (Å²) in [4.78, 5) is 12.7. The van der Waals surface area contributed by atoms with Crippen molar-refractivity contribution in [2.24, 2.45) is 7.05 Å². The first kappa shape index (κ1) is 15.3. The number of fused-ring (bicyclic) bond motifs is 2. The third kappa shape index (κ3) is 2.60. The summed E-state index contributed by atoms with van der Waals surface area (Å²) in [6, 6.07) is 3.29. The first-order chi connectivity index (χ1) is 11.6. The van der Waals surface area contributed by atoms with Crippen LogP contribution in [0.15, 0.2) is 12.1 Å². The Morgan fingerprint density at radius 1 is 1.25 bits per heavy atom. The zero-order valence-electron chi connectivity index (χ0n) is 13.4. The predicted molar refractivity (Wildman–Crippen MR) is 90.2 cm³/mol. The predicted octanol–water partition coefficient (Wildman–Crippen LogP) is 2.98. The lowest BCUT2D eigenvalue weighted by Crippen LogP contribution is -2.16. The maximum absolute atomic E-state index is 12.7. The molecular formula is C17H18ClN3O3. The number of aryl methyl sites for hydroxylation is 2. The Bertz CT molecular complexity index is 816. The standard InChI is InChI=1S/C17H18ClN3O3/c1-21-16(11-4-2-5-13(11)20-21)19-17(22)10-8-12(18)15-14(9-10)23-6-3-7-24-15/h8-9H,2-7H2,1H3,(H,19,22). The summed E-state index contributed by atoms with van der Waals surface area (Å²) in [5, 5.41) is 7.82. The van der Waals surface area contributed by atoms with Gasteiger partial charge >= 0.3 is 0 Å². The van der Waals surface area contributed by atoms with Gasteiger partial charge < -0.3 is 14.8 Å². The Hall–Kier alpha value is -2.21. The zero-order valence-corrected chi connectivity index (χ0v) is 14.2. The first-order valence-corrected chi connectivity index (χ1v) is 8.46. The molecule has 2 aromatic rings. The highest BCUT2D eigenvalue weighted by molar-refractivity contribution is 6.32. The van der Waals surface area contributed by atoms with Crippen molar-refractivity contribution in [3.63, 3.8) is 0 Å². The molecule has 1 amide bonds. The highest BCUT2D eigenvalue weighted by atomic mass is 35.5. The van der Waals surface area contributed by atoms with E-state index in [9.17, 15) is 4.79 Å². The third-order valence-electron chi connectivity index (χ3n) is 4.37. The number of aromatic nitrogens is 2. The second-order valence-electron chi connectivity index (χ2n) is 6.04. The number of rotatable bonds is 2. The minimum Gasteiger partial charge on any atom is -0.489 e. The summed E-state index contributed by atoms with van der Waals surface area (Å²) >= 11 is 6.27. The molecule has 0 bridgehead atoms. The SMILES string of the molecule is Cn1nc2c(c1NC(=O)c1cc(Cl)c3c(c1)OCCCO3)CCC2. The van der Waals surface area contributed by atoms with Gasteiger partial charge in [-0.2, -0.15) is 5.10 Å². The fraction of sp³-hybridized carbons (Fsp3) is 0.412. The number of carbonyl (C=O) groups excluding carboxylic acids is 1. The Morgan fingerprint density at radius 3 is 2.96 bits per heavy atom. The molecule has 0 unspecified atom stereocenters. The highest BCUT2D eigenvalue weighted by Gasteiger charge is 2.24. The molecule has 0 saturated heterocycles. The molecule has 0 spiro atoms. The second-order valence-corrected chi connectivity index (χ2v) is 6.45. The van der Waals surface area contributed by atoms with Crippen molar-refractivity contribution in [1.29, 1.82) is 0 Å². The maximum atomic E-state index is 12.7. The number of ether oxygens (including phenoxy) is 2. The largest absolute Gasteiger partial charge is 0.489 e. The number of amides is 1. The van der Waals surface area contributed by atoms with E-state index in [0.29, 0.717) is 35.3 Å². The molecule has 1 aliphatic carbocycles. The Balaban J connectivity index is 1.63. The molecule has 2 aliphatic rings. The van der Waals surface area contributed by atoms with Gasteiger partial charge in [-0.3, -0.25) is 9.48 Å². The molecule has 6 nitrogen and oxygen atoms in total. The molecule has 1 N–H and O–H groups in total. The summed E-state index contributed by atoms with van der Waals surface area (Å²) in [6.45, 7) is 1.10. The first-order valence-electron chi connectivity index (χ1n) is 8.08. The van der Waals surface area contributed by atoms with E-state index < -0.39 is 0 Å². The zero-order chi connectivity index (χ0) is 16.7. The summed E-state index contributed by atoms with van der Waals surface area (Å²) < 4.78 is 13.0. The molecule has 0 radical (unpaired) electrons. The molecule has 126 valence electrons. The van der Waals surface area contributed by atoms with Crippen LogP contribution in [0.3, 0.4) is 0 Å². The number of nitrogens with one attached hydrogen (secondary N) is 1. The normalized spacial score (nSPS) is 15.8. The number of hydrogen-bond acceptors (Lipinski definition) is 4. The molecule has 1 aromatic carbocycles. The van der Waals surface area contributed by atoms with Crippen molar-refractivity contribution < 1.29 is 14.3 Å². The van der Waals surface area contributed by atoms with Gasteiger partial charge in [0.25, 0.3) is 5.91 Å². The molecule has 4 rings (SSSR count). The van der Waals surface area contributed by atoms with Gasteiger partial charge in [-0.1, -0.05) is 11.6 Å². The van der Waals surface area contributed by atoms with E-state index in [-0.39, 0.29) is 5.91 Å². The van der Waals surface area contributed by atoms with E-state index in [1.807, 2.05) is 7.05 Å². The number of carbonyl (C=O) groups is 1. The monoisotopic (exact) mass is 347 g/mol. The van der Waals surface area contributed by atoms with Gasteiger partial charge in [0.2, 0.25) is 0 Å². The van der Waals surface area contributed by atoms with Gasteiger partial charge in [0.05, 0.1) is 23.9 Å². The van der Waals surface area contributed by atoms with Crippen LogP contribution in [-0.4, -0.2) is 28.9 Å². The van der Waals surface area contributed by atoms with Crippen molar-refractivity contribution in [3.8, 4) is 11.5 Å². The number of halogens is 1. The average Bonchev–Trinajstić information content (AvgIpc) is 3.00. The van der Waals surface area contributed by atoms with Crippen molar-refractivity contribution >= 4 is 23.3 Å². The van der Waals surface area contributed by atoms with E-state index in [2.05, 4.69) is 10.4 Å². The van der Waals surface area contributed by atoms with Gasteiger partial charge in [-0.05, 0) is 31.4 Å². The van der Waals surface area contributed by atoms with Crippen LogP contribution >= 0.6 is 11.6 Å². The molecule has 0 atom stereocenters. The van der Waals surface area contributed by atoms with Gasteiger partial charge in [-0.15, -0.1) is 0 Å². The topological polar surface area (TPSA) is 65.4 Å². The lowest BCUT2D eigenvalue weighted by Gasteiger charge is -2.12. The van der Waals surface area contributed by atoms with Crippen molar-refractivity contribution in [1.82, 2.24) is 9.78 Å². The maximum Gasteiger partial charge on any atom is 0.257 e.